The molecule has 0 radical (unpaired) electrons. The molecule has 0 aromatic carbocycles. The summed E-state index contributed by atoms with van der Waals surface area (Å²) in [5.41, 5.74) is 11.9. The fourth-order valence-electron chi connectivity index (χ4n) is 3.04. The highest BCUT2D eigenvalue weighted by atomic mass is 16.7. The number of azide groups is 1. The predicted octanol–water partition coefficient (Wildman–Crippen LogP) is 1.70. The molecule has 1 aliphatic heterocycles. The average Bonchev–Trinajstić information content (AvgIpc) is 3.05. The number of ether oxygens (including phenoxy) is 4. The second-order valence-corrected chi connectivity index (χ2v) is 8.92. The van der Waals surface area contributed by atoms with Gasteiger partial charge in [-0.2, -0.15) is 4.98 Å². The van der Waals surface area contributed by atoms with Gasteiger partial charge in [0.2, 0.25) is 5.72 Å². The van der Waals surface area contributed by atoms with Crippen LogP contribution in [0.15, 0.2) is 22.2 Å². The molecule has 1 fully saturated rings. The number of hydrogen-bond acceptors (Lipinski definition) is 11. The molecule has 0 unspecified atom stereocenters. The van der Waals surface area contributed by atoms with Crippen LogP contribution >= 0.6 is 0 Å². The van der Waals surface area contributed by atoms with E-state index >= 15 is 0 Å². The summed E-state index contributed by atoms with van der Waals surface area (Å²) in [6.45, 7) is 8.76. The van der Waals surface area contributed by atoms with Crippen LogP contribution in [0.1, 0.15) is 47.8 Å². The molecule has 35 heavy (non-hydrogen) atoms. The second-order valence-electron chi connectivity index (χ2n) is 8.92. The lowest BCUT2D eigenvalue weighted by Crippen LogP contribution is -2.50. The van der Waals surface area contributed by atoms with Crippen molar-refractivity contribution < 1.29 is 33.3 Å². The third-order valence-electron chi connectivity index (χ3n) is 5.02. The van der Waals surface area contributed by atoms with Gasteiger partial charge in [-0.05, 0) is 11.6 Å². The molecule has 14 heteroatoms. The van der Waals surface area contributed by atoms with Gasteiger partial charge in [0, 0.05) is 11.1 Å². The third kappa shape index (κ3) is 6.28. The Hall–Kier alpha value is -3.64. The molecule has 14 nitrogen and oxygen atoms in total. The Bertz CT molecular complexity index is 1060. The van der Waals surface area contributed by atoms with Crippen molar-refractivity contribution >= 4 is 23.7 Å². The third-order valence-corrected chi connectivity index (χ3v) is 5.02. The fourth-order valence-corrected chi connectivity index (χ4v) is 3.04. The second kappa shape index (κ2) is 11.2. The van der Waals surface area contributed by atoms with Gasteiger partial charge in [-0.1, -0.05) is 46.7 Å². The average molecular weight is 495 g/mol. The van der Waals surface area contributed by atoms with Crippen LogP contribution in [-0.2, 0) is 33.3 Å². The number of nitrogens with zero attached hydrogens (tertiary/aromatic N) is 5. The number of aromatic nitrogens is 2. The number of hydrogen-bond donors (Lipinski definition) is 1. The van der Waals surface area contributed by atoms with Gasteiger partial charge in [0.15, 0.2) is 18.4 Å². The molecule has 0 saturated carbocycles. The highest BCUT2D eigenvalue weighted by Crippen LogP contribution is 2.42. The molecule has 4 atom stereocenters. The molecular weight excluding hydrogens is 464 g/mol. The Morgan fingerprint density at radius 1 is 1.14 bits per heavy atom. The first kappa shape index (κ1) is 27.6. The largest absolute Gasteiger partial charge is 0.462 e. The molecule has 2 N–H and O–H groups in total. The molecule has 0 bridgehead atoms. The van der Waals surface area contributed by atoms with E-state index in [2.05, 4.69) is 15.0 Å². The molecular formula is C21H30N6O8. The van der Waals surface area contributed by atoms with Gasteiger partial charge in [0.25, 0.3) is 0 Å². The van der Waals surface area contributed by atoms with Crippen molar-refractivity contribution in [3.05, 3.63) is 33.2 Å². The highest BCUT2D eigenvalue weighted by molar-refractivity contribution is 5.73. The zero-order valence-corrected chi connectivity index (χ0v) is 20.4. The molecule has 0 amide bonds. The van der Waals surface area contributed by atoms with Gasteiger partial charge in [-0.25, -0.2) is 4.79 Å². The van der Waals surface area contributed by atoms with Crippen LogP contribution in [0.2, 0.25) is 0 Å². The van der Waals surface area contributed by atoms with E-state index < -0.39 is 72.1 Å². The molecule has 1 aliphatic rings. The first-order valence-corrected chi connectivity index (χ1v) is 11.0. The molecule has 1 saturated heterocycles. The summed E-state index contributed by atoms with van der Waals surface area (Å²) in [5, 5.41) is 3.66. The SMILES string of the molecule is CC(C)C(=O)OC[C@@]1(N=[N+]=[N-])O[C@@H](n2ccc(N)nc2=O)[C@@H](OC(=O)C(C)C)[C@@H]1OC(=O)C(C)C. The van der Waals surface area contributed by atoms with E-state index in [1.54, 1.807) is 41.5 Å². The van der Waals surface area contributed by atoms with Crippen LogP contribution in [0, 0.1) is 17.8 Å². The Morgan fingerprint density at radius 2 is 1.71 bits per heavy atom. The van der Waals surface area contributed by atoms with Crippen molar-refractivity contribution in [3.63, 3.8) is 0 Å². The van der Waals surface area contributed by atoms with Crippen LogP contribution in [0.3, 0.4) is 0 Å². The number of carbonyl (C=O) groups is 3. The van der Waals surface area contributed by atoms with E-state index in [0.29, 0.717) is 0 Å². The van der Waals surface area contributed by atoms with Crippen molar-refractivity contribution in [1.82, 2.24) is 9.55 Å². The van der Waals surface area contributed by atoms with Crippen LogP contribution in [0.5, 0.6) is 0 Å². The molecule has 1 aromatic heterocycles. The number of anilines is 1. The summed E-state index contributed by atoms with van der Waals surface area (Å²) in [7, 11) is 0. The zero-order valence-electron chi connectivity index (χ0n) is 20.4. The smallest absolute Gasteiger partial charge is 0.351 e. The Morgan fingerprint density at radius 3 is 2.23 bits per heavy atom. The maximum atomic E-state index is 12.6. The number of carbonyl (C=O) groups excluding carboxylic acids is 3. The van der Waals surface area contributed by atoms with Gasteiger partial charge >= 0.3 is 23.6 Å². The van der Waals surface area contributed by atoms with Crippen molar-refractivity contribution in [2.24, 2.45) is 22.9 Å². The van der Waals surface area contributed by atoms with E-state index in [1.807, 2.05) is 0 Å². The standard InChI is InChI=1S/C21H30N6O8/c1-10(2)17(28)32-9-21(25-26-23)15(34-19(30)12(5)6)14(33-18(29)11(3)4)16(35-21)27-8-7-13(22)24-20(27)31/h7-8,10-12,14-16H,9H2,1-6H3,(H2,22,24,31)/t14-,15-,16+,21+/m0/s1. The number of esters is 3. The van der Waals surface area contributed by atoms with E-state index in [0.717, 1.165) is 4.57 Å². The molecule has 0 spiro atoms. The van der Waals surface area contributed by atoms with Crippen molar-refractivity contribution in [3.8, 4) is 0 Å². The van der Waals surface area contributed by atoms with Crippen LogP contribution in [0.4, 0.5) is 5.82 Å². The van der Waals surface area contributed by atoms with Gasteiger partial charge in [0.1, 0.15) is 12.4 Å². The normalized spacial score (nSPS) is 23.7. The van der Waals surface area contributed by atoms with Crippen LogP contribution < -0.4 is 11.4 Å². The summed E-state index contributed by atoms with van der Waals surface area (Å²) in [5.74, 6) is -3.94. The lowest BCUT2D eigenvalue weighted by molar-refractivity contribution is -0.182. The van der Waals surface area contributed by atoms with Gasteiger partial charge in [0.05, 0.1) is 17.8 Å². The maximum absolute atomic E-state index is 12.6. The van der Waals surface area contributed by atoms with Crippen molar-refractivity contribution in [1.29, 1.82) is 0 Å². The van der Waals surface area contributed by atoms with Gasteiger partial charge < -0.3 is 24.7 Å². The van der Waals surface area contributed by atoms with Gasteiger partial charge in [-0.15, -0.1) is 0 Å². The van der Waals surface area contributed by atoms with Gasteiger partial charge in [-0.3, -0.25) is 19.0 Å². The topological polar surface area (TPSA) is 198 Å². The summed E-state index contributed by atoms with van der Waals surface area (Å²) >= 11 is 0. The maximum Gasteiger partial charge on any atom is 0.351 e. The van der Waals surface area contributed by atoms with E-state index in [1.165, 1.54) is 12.3 Å². The molecule has 192 valence electrons. The first-order valence-electron chi connectivity index (χ1n) is 11.0. The highest BCUT2D eigenvalue weighted by Gasteiger charge is 2.61. The van der Waals surface area contributed by atoms with Crippen molar-refractivity contribution in [2.45, 2.75) is 65.7 Å². The Kier molecular flexibility index (Phi) is 8.83. The number of nitrogens with two attached hydrogens (primary N) is 1. The summed E-state index contributed by atoms with van der Waals surface area (Å²) in [6.07, 6.45) is -3.28. The summed E-state index contributed by atoms with van der Waals surface area (Å²) < 4.78 is 23.3. The van der Waals surface area contributed by atoms with E-state index in [-0.39, 0.29) is 5.82 Å². The minimum absolute atomic E-state index is 0.0741. The van der Waals surface area contributed by atoms with Crippen LogP contribution in [0.25, 0.3) is 10.4 Å². The Balaban J connectivity index is 2.69. The minimum atomic E-state index is -2.17. The van der Waals surface area contributed by atoms with E-state index in [9.17, 15) is 24.7 Å². The summed E-state index contributed by atoms with van der Waals surface area (Å²) in [4.78, 5) is 56.4. The Labute approximate surface area is 201 Å². The molecule has 0 aliphatic carbocycles. The van der Waals surface area contributed by atoms with E-state index in [4.69, 9.17) is 24.7 Å². The lowest BCUT2D eigenvalue weighted by atomic mass is 10.0. The minimum Gasteiger partial charge on any atom is -0.462 e. The number of rotatable bonds is 9. The zero-order chi connectivity index (χ0) is 26.5. The van der Waals surface area contributed by atoms with Crippen molar-refractivity contribution in [2.75, 3.05) is 12.3 Å². The quantitative estimate of drug-likeness (QED) is 0.173. The summed E-state index contributed by atoms with van der Waals surface area (Å²) in [6, 6.07) is 1.30. The monoisotopic (exact) mass is 494 g/mol. The molecule has 1 aromatic rings. The lowest BCUT2D eigenvalue weighted by Gasteiger charge is -2.30. The first-order chi connectivity index (χ1) is 16.3. The molecule has 2 rings (SSSR count). The molecule has 2 heterocycles. The fraction of sp³-hybridized carbons (Fsp3) is 0.667. The predicted molar refractivity (Wildman–Crippen MR) is 120 cm³/mol. The van der Waals surface area contributed by atoms with Crippen LogP contribution in [-0.4, -0.2) is 52.0 Å². The number of nitrogen functional groups attached to an aromatic ring is 1.